The van der Waals surface area contributed by atoms with Crippen LogP contribution in [0.25, 0.3) is 0 Å². The summed E-state index contributed by atoms with van der Waals surface area (Å²) in [6.45, 7) is 5.30. The second-order valence-electron chi connectivity index (χ2n) is 5.72. The molecule has 0 radical (unpaired) electrons. The Hall–Kier alpha value is -1.10. The molecule has 0 bridgehead atoms. The zero-order valence-corrected chi connectivity index (χ0v) is 13.2. The van der Waals surface area contributed by atoms with Crippen molar-refractivity contribution >= 4 is 0 Å². The lowest BCUT2D eigenvalue weighted by Gasteiger charge is -2.27. The van der Waals surface area contributed by atoms with Crippen molar-refractivity contribution in [3.63, 3.8) is 0 Å². The van der Waals surface area contributed by atoms with Gasteiger partial charge in [-0.2, -0.15) is 0 Å². The summed E-state index contributed by atoms with van der Waals surface area (Å²) in [7, 11) is 2.12. The van der Waals surface area contributed by atoms with Crippen molar-refractivity contribution in [2.75, 3.05) is 26.8 Å². The average molecular weight is 293 g/mol. The molecule has 0 spiro atoms. The lowest BCUT2D eigenvalue weighted by molar-refractivity contribution is -0.00260. The second kappa shape index (κ2) is 8.37. The average Bonchev–Trinajstić information content (AvgIpc) is 2.50. The molecule has 1 unspecified atom stereocenters. The molecule has 2 rings (SSSR count). The SMILES string of the molecule is CCOc1ccc(CN(C)CC2CCCCO2)cc1CO. The number of hydrogen-bond acceptors (Lipinski definition) is 4. The Labute approximate surface area is 127 Å². The van der Waals surface area contributed by atoms with E-state index in [1.165, 1.54) is 18.4 Å². The van der Waals surface area contributed by atoms with Crippen LogP contribution in [0.3, 0.4) is 0 Å². The predicted octanol–water partition coefficient (Wildman–Crippen LogP) is 2.58. The van der Waals surface area contributed by atoms with Crippen LogP contribution in [0.5, 0.6) is 5.75 Å². The minimum atomic E-state index is 0.0125. The largest absolute Gasteiger partial charge is 0.494 e. The highest BCUT2D eigenvalue weighted by atomic mass is 16.5. The van der Waals surface area contributed by atoms with Gasteiger partial charge in [0, 0.05) is 25.3 Å². The van der Waals surface area contributed by atoms with E-state index < -0.39 is 0 Å². The van der Waals surface area contributed by atoms with Crippen LogP contribution in [0.2, 0.25) is 0 Å². The standard InChI is InChI=1S/C17H27NO3/c1-3-20-17-8-7-14(10-15(17)13-19)11-18(2)12-16-6-4-5-9-21-16/h7-8,10,16,19H,3-6,9,11-13H2,1-2H3. The van der Waals surface area contributed by atoms with Crippen molar-refractivity contribution in [2.45, 2.75) is 45.4 Å². The van der Waals surface area contributed by atoms with Crippen molar-refractivity contribution in [1.29, 1.82) is 0 Å². The summed E-state index contributed by atoms with van der Waals surface area (Å²) in [6.07, 6.45) is 3.99. The summed E-state index contributed by atoms with van der Waals surface area (Å²) < 4.78 is 11.3. The van der Waals surface area contributed by atoms with Crippen LogP contribution in [0.15, 0.2) is 18.2 Å². The third kappa shape index (κ3) is 4.99. The first-order valence-electron chi connectivity index (χ1n) is 7.88. The maximum absolute atomic E-state index is 9.45. The number of aliphatic hydroxyl groups is 1. The van der Waals surface area contributed by atoms with Gasteiger partial charge in [-0.3, -0.25) is 4.90 Å². The van der Waals surface area contributed by atoms with Gasteiger partial charge < -0.3 is 14.6 Å². The Morgan fingerprint density at radius 3 is 2.90 bits per heavy atom. The third-order valence-corrected chi connectivity index (χ3v) is 3.84. The smallest absolute Gasteiger partial charge is 0.124 e. The summed E-state index contributed by atoms with van der Waals surface area (Å²) in [5.74, 6) is 0.780. The molecule has 1 aromatic carbocycles. The maximum atomic E-state index is 9.45. The first-order valence-corrected chi connectivity index (χ1v) is 7.88. The molecule has 1 aliphatic rings. The van der Waals surface area contributed by atoms with Gasteiger partial charge in [-0.25, -0.2) is 0 Å². The normalized spacial score (nSPS) is 19.0. The van der Waals surface area contributed by atoms with Crippen molar-refractivity contribution < 1.29 is 14.6 Å². The number of nitrogens with zero attached hydrogens (tertiary/aromatic N) is 1. The van der Waals surface area contributed by atoms with Crippen LogP contribution in [0, 0.1) is 0 Å². The lowest BCUT2D eigenvalue weighted by Crippen LogP contribution is -2.33. The monoisotopic (exact) mass is 293 g/mol. The van der Waals surface area contributed by atoms with Crippen LogP contribution >= 0.6 is 0 Å². The number of hydrogen-bond donors (Lipinski definition) is 1. The van der Waals surface area contributed by atoms with Crippen molar-refractivity contribution in [1.82, 2.24) is 4.90 Å². The Bertz CT molecular complexity index is 430. The molecule has 21 heavy (non-hydrogen) atoms. The van der Waals surface area contributed by atoms with Gasteiger partial charge in [0.2, 0.25) is 0 Å². The second-order valence-corrected chi connectivity index (χ2v) is 5.72. The fraction of sp³-hybridized carbons (Fsp3) is 0.647. The fourth-order valence-electron chi connectivity index (χ4n) is 2.83. The Morgan fingerprint density at radius 1 is 1.38 bits per heavy atom. The number of ether oxygens (including phenoxy) is 2. The molecule has 118 valence electrons. The highest BCUT2D eigenvalue weighted by Gasteiger charge is 2.16. The molecule has 1 aromatic rings. The van der Waals surface area contributed by atoms with E-state index in [4.69, 9.17) is 9.47 Å². The van der Waals surface area contributed by atoms with Crippen LogP contribution in [-0.4, -0.2) is 42.9 Å². The number of benzene rings is 1. The summed E-state index contributed by atoms with van der Waals surface area (Å²) >= 11 is 0. The van der Waals surface area contributed by atoms with Crippen molar-refractivity contribution in [3.05, 3.63) is 29.3 Å². The number of aliphatic hydroxyl groups excluding tert-OH is 1. The molecule has 1 fully saturated rings. The molecular weight excluding hydrogens is 266 g/mol. The predicted molar refractivity (Wildman–Crippen MR) is 83.5 cm³/mol. The summed E-state index contributed by atoms with van der Waals surface area (Å²) in [4.78, 5) is 2.28. The van der Waals surface area contributed by atoms with Gasteiger partial charge in [-0.05, 0) is 50.9 Å². The van der Waals surface area contributed by atoms with E-state index in [0.717, 1.165) is 37.4 Å². The Kier molecular flexibility index (Phi) is 6.49. The molecule has 1 heterocycles. The molecular formula is C17H27NO3. The summed E-state index contributed by atoms with van der Waals surface area (Å²) in [6, 6.07) is 6.06. The van der Waals surface area contributed by atoms with Crippen molar-refractivity contribution in [3.8, 4) is 5.75 Å². The van der Waals surface area contributed by atoms with Gasteiger partial charge in [0.05, 0.1) is 19.3 Å². The van der Waals surface area contributed by atoms with Gasteiger partial charge in [0.15, 0.2) is 0 Å². The minimum Gasteiger partial charge on any atom is -0.494 e. The lowest BCUT2D eigenvalue weighted by atomic mass is 10.1. The Balaban J connectivity index is 1.91. The molecule has 1 atom stereocenters. The van der Waals surface area contributed by atoms with Gasteiger partial charge >= 0.3 is 0 Å². The third-order valence-electron chi connectivity index (χ3n) is 3.84. The molecule has 4 heteroatoms. The highest BCUT2D eigenvalue weighted by Crippen LogP contribution is 2.21. The molecule has 4 nitrogen and oxygen atoms in total. The number of likely N-dealkylation sites (N-methyl/N-ethyl adjacent to an activating group) is 1. The molecule has 1 N–H and O–H groups in total. The molecule has 0 saturated carbocycles. The number of rotatable bonds is 7. The van der Waals surface area contributed by atoms with Gasteiger partial charge in [0.25, 0.3) is 0 Å². The van der Waals surface area contributed by atoms with Gasteiger partial charge in [-0.15, -0.1) is 0 Å². The summed E-state index contributed by atoms with van der Waals surface area (Å²) in [5, 5.41) is 9.45. The quantitative estimate of drug-likeness (QED) is 0.839. The van der Waals surface area contributed by atoms with E-state index in [1.807, 2.05) is 19.1 Å². The minimum absolute atomic E-state index is 0.0125. The van der Waals surface area contributed by atoms with E-state index in [-0.39, 0.29) is 6.61 Å². The van der Waals surface area contributed by atoms with Gasteiger partial charge in [-0.1, -0.05) is 6.07 Å². The topological polar surface area (TPSA) is 41.9 Å². The molecule has 1 saturated heterocycles. The first-order chi connectivity index (χ1) is 10.2. The van der Waals surface area contributed by atoms with Crippen LogP contribution < -0.4 is 4.74 Å². The molecule has 1 aliphatic heterocycles. The first kappa shape index (κ1) is 16.3. The zero-order chi connectivity index (χ0) is 15.1. The zero-order valence-electron chi connectivity index (χ0n) is 13.2. The van der Waals surface area contributed by atoms with Gasteiger partial charge in [0.1, 0.15) is 5.75 Å². The van der Waals surface area contributed by atoms with Crippen LogP contribution in [0.4, 0.5) is 0 Å². The van der Waals surface area contributed by atoms with E-state index in [9.17, 15) is 5.11 Å². The van der Waals surface area contributed by atoms with E-state index >= 15 is 0 Å². The Morgan fingerprint density at radius 2 is 2.24 bits per heavy atom. The molecule has 0 aliphatic carbocycles. The van der Waals surface area contributed by atoms with E-state index in [1.54, 1.807) is 0 Å². The molecule has 0 aromatic heterocycles. The van der Waals surface area contributed by atoms with Crippen LogP contribution in [0.1, 0.15) is 37.3 Å². The highest BCUT2D eigenvalue weighted by molar-refractivity contribution is 5.36. The van der Waals surface area contributed by atoms with Crippen LogP contribution in [-0.2, 0) is 17.9 Å². The van der Waals surface area contributed by atoms with Crippen molar-refractivity contribution in [2.24, 2.45) is 0 Å². The molecule has 0 amide bonds. The maximum Gasteiger partial charge on any atom is 0.124 e. The van der Waals surface area contributed by atoms with E-state index in [2.05, 4.69) is 18.0 Å². The summed E-state index contributed by atoms with van der Waals surface area (Å²) in [5.41, 5.74) is 2.05. The van der Waals surface area contributed by atoms with E-state index in [0.29, 0.717) is 12.7 Å². The fourth-order valence-corrected chi connectivity index (χ4v) is 2.83.